The summed E-state index contributed by atoms with van der Waals surface area (Å²) in [6.45, 7) is 0. The van der Waals surface area contributed by atoms with E-state index < -0.39 is 11.6 Å². The van der Waals surface area contributed by atoms with Gasteiger partial charge in [-0.05, 0) is 6.08 Å². The Morgan fingerprint density at radius 3 is 3.00 bits per heavy atom. The molecule has 0 N–H and O–H groups in total. The molecule has 0 fully saturated rings. The predicted octanol–water partition coefficient (Wildman–Crippen LogP) is 1.72. The van der Waals surface area contributed by atoms with Crippen LogP contribution in [0.25, 0.3) is 0 Å². The van der Waals surface area contributed by atoms with Crippen molar-refractivity contribution in [2.75, 3.05) is 0 Å². The molecule has 3 nitrogen and oxygen atoms in total. The van der Waals surface area contributed by atoms with Crippen molar-refractivity contribution in [2.45, 2.75) is 6.42 Å². The van der Waals surface area contributed by atoms with Gasteiger partial charge >= 0.3 is 0 Å². The standard InChI is InChI=1S/C8H4ClFN2O/c9-8-6-5(11-3-12-8)2-1-4(10)7(6)13/h1,3H,2H2. The zero-order chi connectivity index (χ0) is 9.42. The van der Waals surface area contributed by atoms with E-state index >= 15 is 0 Å². The van der Waals surface area contributed by atoms with Crippen molar-refractivity contribution in [3.8, 4) is 0 Å². The Bertz CT molecular complexity index is 417. The van der Waals surface area contributed by atoms with E-state index in [4.69, 9.17) is 11.6 Å². The van der Waals surface area contributed by atoms with E-state index in [1.807, 2.05) is 0 Å². The third-order valence-corrected chi connectivity index (χ3v) is 2.08. The quantitative estimate of drug-likeness (QED) is 0.596. The Morgan fingerprint density at radius 2 is 2.23 bits per heavy atom. The molecular formula is C8H4ClFN2O. The van der Waals surface area contributed by atoms with E-state index in [9.17, 15) is 9.18 Å². The Hall–Kier alpha value is -1.29. The maximum atomic E-state index is 12.8. The van der Waals surface area contributed by atoms with Crippen LogP contribution in [-0.2, 0) is 6.42 Å². The van der Waals surface area contributed by atoms with Gasteiger partial charge in [0.15, 0.2) is 5.83 Å². The molecule has 1 aromatic heterocycles. The molecule has 1 aromatic rings. The molecule has 0 amide bonds. The third kappa shape index (κ3) is 1.23. The lowest BCUT2D eigenvalue weighted by atomic mass is 10.0. The molecule has 66 valence electrons. The van der Waals surface area contributed by atoms with Crippen LogP contribution in [0.1, 0.15) is 16.1 Å². The fraction of sp³-hybridized carbons (Fsp3) is 0.125. The molecule has 0 unspecified atom stereocenters. The van der Waals surface area contributed by atoms with Crippen LogP contribution in [0.15, 0.2) is 18.2 Å². The number of aromatic nitrogens is 2. The molecule has 0 atom stereocenters. The van der Waals surface area contributed by atoms with Crippen molar-refractivity contribution in [3.05, 3.63) is 34.6 Å². The van der Waals surface area contributed by atoms with Crippen LogP contribution >= 0.6 is 11.6 Å². The first-order valence-corrected chi connectivity index (χ1v) is 3.97. The molecule has 5 heteroatoms. The lowest BCUT2D eigenvalue weighted by Gasteiger charge is -2.09. The van der Waals surface area contributed by atoms with E-state index in [1.165, 1.54) is 12.4 Å². The topological polar surface area (TPSA) is 42.9 Å². The number of ketones is 1. The molecule has 0 spiro atoms. The summed E-state index contributed by atoms with van der Waals surface area (Å²) >= 11 is 5.64. The molecule has 0 aliphatic heterocycles. The Kier molecular flexibility index (Phi) is 1.84. The maximum Gasteiger partial charge on any atom is 0.225 e. The summed E-state index contributed by atoms with van der Waals surface area (Å²) in [6, 6.07) is 0. The van der Waals surface area contributed by atoms with Crippen LogP contribution in [0.4, 0.5) is 4.39 Å². The first-order chi connectivity index (χ1) is 6.20. The lowest BCUT2D eigenvalue weighted by Crippen LogP contribution is -2.12. The molecule has 0 aromatic carbocycles. The summed E-state index contributed by atoms with van der Waals surface area (Å²) in [5, 5.41) is 0.0123. The summed E-state index contributed by atoms with van der Waals surface area (Å²) in [5.41, 5.74) is 0.565. The smallest absolute Gasteiger partial charge is 0.225 e. The van der Waals surface area contributed by atoms with Gasteiger partial charge in [0.1, 0.15) is 11.5 Å². The van der Waals surface area contributed by atoms with Gasteiger partial charge in [0.25, 0.3) is 0 Å². The number of fused-ring (bicyclic) bond motifs is 1. The molecule has 0 saturated carbocycles. The number of carbonyl (C=O) groups is 1. The SMILES string of the molecule is O=C1C(F)=CCc2ncnc(Cl)c21. The second-order valence-corrected chi connectivity index (χ2v) is 2.93. The first kappa shape index (κ1) is 8.31. The number of hydrogen-bond donors (Lipinski definition) is 0. The monoisotopic (exact) mass is 198 g/mol. The van der Waals surface area contributed by atoms with E-state index in [1.54, 1.807) is 0 Å². The van der Waals surface area contributed by atoms with Crippen LogP contribution < -0.4 is 0 Å². The molecular weight excluding hydrogens is 195 g/mol. The van der Waals surface area contributed by atoms with Gasteiger partial charge in [-0.1, -0.05) is 11.6 Å². The predicted molar refractivity (Wildman–Crippen MR) is 44.3 cm³/mol. The van der Waals surface area contributed by atoms with Crippen molar-refractivity contribution in [1.29, 1.82) is 0 Å². The molecule has 13 heavy (non-hydrogen) atoms. The number of carbonyl (C=O) groups excluding carboxylic acids is 1. The normalized spacial score (nSPS) is 15.2. The molecule has 0 saturated heterocycles. The van der Waals surface area contributed by atoms with Gasteiger partial charge in [0.2, 0.25) is 5.78 Å². The number of allylic oxidation sites excluding steroid dienone is 2. The zero-order valence-corrected chi connectivity index (χ0v) is 7.18. The zero-order valence-electron chi connectivity index (χ0n) is 6.42. The largest absolute Gasteiger partial charge is 0.286 e. The van der Waals surface area contributed by atoms with Gasteiger partial charge in [-0.2, -0.15) is 0 Å². The lowest BCUT2D eigenvalue weighted by molar-refractivity contribution is 0.1000. The second-order valence-electron chi connectivity index (χ2n) is 2.57. The highest BCUT2D eigenvalue weighted by atomic mass is 35.5. The van der Waals surface area contributed by atoms with Crippen molar-refractivity contribution in [1.82, 2.24) is 9.97 Å². The number of Topliss-reactive ketones (excluding diaryl/α,β-unsaturated/α-hetero) is 1. The van der Waals surface area contributed by atoms with Crippen LogP contribution in [0.5, 0.6) is 0 Å². The second kappa shape index (κ2) is 2.88. The molecule has 1 heterocycles. The summed E-state index contributed by atoms with van der Waals surface area (Å²) in [4.78, 5) is 18.7. The van der Waals surface area contributed by atoms with Gasteiger partial charge in [-0.25, -0.2) is 14.4 Å². The maximum absolute atomic E-state index is 12.8. The minimum absolute atomic E-state index is 0.0123. The third-order valence-electron chi connectivity index (χ3n) is 1.80. The Balaban J connectivity index is 2.64. The van der Waals surface area contributed by atoms with Gasteiger partial charge in [-0.15, -0.1) is 0 Å². The van der Waals surface area contributed by atoms with Crippen molar-refractivity contribution in [3.63, 3.8) is 0 Å². The highest BCUT2D eigenvalue weighted by molar-refractivity contribution is 6.34. The number of rotatable bonds is 0. The van der Waals surface area contributed by atoms with Crippen LogP contribution in [0, 0.1) is 0 Å². The summed E-state index contributed by atoms with van der Waals surface area (Å²) in [7, 11) is 0. The van der Waals surface area contributed by atoms with Crippen molar-refractivity contribution < 1.29 is 9.18 Å². The highest BCUT2D eigenvalue weighted by Crippen LogP contribution is 2.24. The number of halogens is 2. The molecule has 1 aliphatic carbocycles. The van der Waals surface area contributed by atoms with Crippen molar-refractivity contribution in [2.24, 2.45) is 0 Å². The van der Waals surface area contributed by atoms with Gasteiger partial charge in [0.05, 0.1) is 11.3 Å². The van der Waals surface area contributed by atoms with Crippen LogP contribution in [0.3, 0.4) is 0 Å². The van der Waals surface area contributed by atoms with E-state index in [0.29, 0.717) is 5.69 Å². The van der Waals surface area contributed by atoms with E-state index in [2.05, 4.69) is 9.97 Å². The molecule has 2 rings (SSSR count). The number of hydrogen-bond acceptors (Lipinski definition) is 3. The molecule has 0 radical (unpaired) electrons. The van der Waals surface area contributed by atoms with Gasteiger partial charge in [-0.3, -0.25) is 4.79 Å². The Morgan fingerprint density at radius 1 is 1.46 bits per heavy atom. The highest BCUT2D eigenvalue weighted by Gasteiger charge is 2.24. The fourth-order valence-corrected chi connectivity index (χ4v) is 1.41. The average Bonchev–Trinajstić information content (AvgIpc) is 2.12. The van der Waals surface area contributed by atoms with Gasteiger partial charge < -0.3 is 0 Å². The Labute approximate surface area is 78.3 Å². The fourth-order valence-electron chi connectivity index (χ4n) is 1.18. The van der Waals surface area contributed by atoms with Gasteiger partial charge in [0, 0.05) is 6.42 Å². The minimum Gasteiger partial charge on any atom is -0.286 e. The average molecular weight is 199 g/mol. The van der Waals surface area contributed by atoms with Crippen molar-refractivity contribution >= 4 is 17.4 Å². The summed E-state index contributed by atoms with van der Waals surface area (Å²) in [6.07, 6.45) is 2.73. The van der Waals surface area contributed by atoms with Crippen LogP contribution in [-0.4, -0.2) is 15.8 Å². The van der Waals surface area contributed by atoms with Crippen LogP contribution in [0.2, 0.25) is 5.15 Å². The van der Waals surface area contributed by atoms with E-state index in [-0.39, 0.29) is 17.1 Å². The summed E-state index contributed by atoms with van der Waals surface area (Å²) in [5.74, 6) is -1.52. The number of nitrogens with zero attached hydrogens (tertiary/aromatic N) is 2. The minimum atomic E-state index is -0.788. The molecule has 0 bridgehead atoms. The first-order valence-electron chi connectivity index (χ1n) is 3.60. The van der Waals surface area contributed by atoms with E-state index in [0.717, 1.165) is 0 Å². The summed E-state index contributed by atoms with van der Waals surface area (Å²) < 4.78 is 12.8. The molecule has 1 aliphatic rings.